The molecule has 0 spiro atoms. The predicted octanol–water partition coefficient (Wildman–Crippen LogP) is 0.721. The third-order valence-corrected chi connectivity index (χ3v) is 1.43. The highest BCUT2D eigenvalue weighted by Crippen LogP contribution is 2.12. The van der Waals surface area contributed by atoms with Crippen LogP contribution in [0.2, 0.25) is 0 Å². The standard InChI is InChI=1S/C7H8O2/c1-5(8)6-3-2-4-7(6)9/h2-3,6H,4H2,1H3. The minimum absolute atomic E-state index is 0.0301. The number of rotatable bonds is 1. The quantitative estimate of drug-likeness (QED) is 0.381. The molecule has 48 valence electrons. The topological polar surface area (TPSA) is 34.1 Å². The first kappa shape index (κ1) is 6.20. The second-order valence-corrected chi connectivity index (χ2v) is 2.19. The Morgan fingerprint density at radius 3 is 2.67 bits per heavy atom. The van der Waals surface area contributed by atoms with Gasteiger partial charge >= 0.3 is 0 Å². The monoisotopic (exact) mass is 124 g/mol. The first-order chi connectivity index (χ1) is 4.22. The number of hydrogen-bond acceptors (Lipinski definition) is 2. The van der Waals surface area contributed by atoms with Gasteiger partial charge in [0.15, 0.2) is 5.78 Å². The van der Waals surface area contributed by atoms with Gasteiger partial charge in [0.1, 0.15) is 5.78 Å². The van der Waals surface area contributed by atoms with E-state index in [-0.39, 0.29) is 11.6 Å². The number of Topliss-reactive ketones (excluding diaryl/α,β-unsaturated/α-hetero) is 2. The molecule has 1 aliphatic carbocycles. The highest BCUT2D eigenvalue weighted by atomic mass is 16.1. The van der Waals surface area contributed by atoms with Crippen LogP contribution in [-0.2, 0) is 9.59 Å². The number of hydrogen-bond donors (Lipinski definition) is 0. The highest BCUT2D eigenvalue weighted by Gasteiger charge is 2.22. The normalized spacial score (nSPS) is 25.0. The lowest BCUT2D eigenvalue weighted by Gasteiger charge is -1.96. The van der Waals surface area contributed by atoms with Crippen LogP contribution in [0.15, 0.2) is 12.2 Å². The van der Waals surface area contributed by atoms with E-state index in [1.54, 1.807) is 12.2 Å². The Hall–Kier alpha value is -0.920. The molecule has 1 unspecified atom stereocenters. The molecule has 0 saturated heterocycles. The first-order valence-electron chi connectivity index (χ1n) is 2.91. The van der Waals surface area contributed by atoms with Gasteiger partial charge in [-0.25, -0.2) is 0 Å². The van der Waals surface area contributed by atoms with E-state index in [0.717, 1.165) is 0 Å². The van der Waals surface area contributed by atoms with Gasteiger partial charge in [-0.05, 0) is 6.92 Å². The van der Waals surface area contributed by atoms with E-state index in [1.165, 1.54) is 6.92 Å². The zero-order chi connectivity index (χ0) is 6.85. The van der Waals surface area contributed by atoms with Crippen LogP contribution in [0.1, 0.15) is 13.3 Å². The fourth-order valence-corrected chi connectivity index (χ4v) is 0.917. The van der Waals surface area contributed by atoms with Gasteiger partial charge in [0, 0.05) is 6.42 Å². The zero-order valence-electron chi connectivity index (χ0n) is 5.26. The average Bonchev–Trinajstić information content (AvgIpc) is 2.13. The van der Waals surface area contributed by atoms with Crippen molar-refractivity contribution in [2.75, 3.05) is 0 Å². The second-order valence-electron chi connectivity index (χ2n) is 2.19. The summed E-state index contributed by atoms with van der Waals surface area (Å²) >= 11 is 0. The van der Waals surface area contributed by atoms with Crippen LogP contribution in [0.25, 0.3) is 0 Å². The summed E-state index contributed by atoms with van der Waals surface area (Å²) in [6, 6.07) is 0. The van der Waals surface area contributed by atoms with Crippen molar-refractivity contribution < 1.29 is 9.59 Å². The molecule has 0 aromatic rings. The number of carbonyl (C=O) groups excluding carboxylic acids is 2. The van der Waals surface area contributed by atoms with Gasteiger partial charge in [0.05, 0.1) is 5.92 Å². The van der Waals surface area contributed by atoms with E-state index < -0.39 is 5.92 Å². The molecule has 0 aliphatic heterocycles. The van der Waals surface area contributed by atoms with E-state index in [4.69, 9.17) is 0 Å². The molecule has 0 fully saturated rings. The third kappa shape index (κ3) is 1.07. The summed E-state index contributed by atoms with van der Waals surface area (Å²) in [5, 5.41) is 0. The van der Waals surface area contributed by atoms with Crippen LogP contribution in [0, 0.1) is 5.92 Å². The van der Waals surface area contributed by atoms with E-state index in [9.17, 15) is 9.59 Å². The SMILES string of the molecule is CC(=O)C1C=CCC1=O. The first-order valence-corrected chi connectivity index (χ1v) is 2.91. The molecular formula is C7H8O2. The maximum atomic E-state index is 10.7. The number of carbonyl (C=O) groups is 2. The Kier molecular flexibility index (Phi) is 1.47. The van der Waals surface area contributed by atoms with Crippen molar-refractivity contribution in [2.24, 2.45) is 5.92 Å². The molecule has 2 heteroatoms. The molecule has 1 atom stereocenters. The summed E-state index contributed by atoms with van der Waals surface area (Å²) in [6.07, 6.45) is 3.85. The predicted molar refractivity (Wildman–Crippen MR) is 32.9 cm³/mol. The molecule has 0 heterocycles. The lowest BCUT2D eigenvalue weighted by Crippen LogP contribution is -2.14. The van der Waals surface area contributed by atoms with Crippen molar-refractivity contribution in [3.63, 3.8) is 0 Å². The molecule has 0 N–H and O–H groups in total. The Morgan fingerprint density at radius 1 is 1.78 bits per heavy atom. The zero-order valence-corrected chi connectivity index (χ0v) is 5.26. The van der Waals surface area contributed by atoms with Gasteiger partial charge in [0.2, 0.25) is 0 Å². The largest absolute Gasteiger partial charge is 0.299 e. The maximum absolute atomic E-state index is 10.7. The lowest BCUT2D eigenvalue weighted by molar-refractivity contribution is -0.128. The molecule has 0 aromatic carbocycles. The van der Waals surface area contributed by atoms with Gasteiger partial charge in [-0.15, -0.1) is 0 Å². The van der Waals surface area contributed by atoms with Crippen molar-refractivity contribution >= 4 is 11.6 Å². The van der Waals surface area contributed by atoms with Gasteiger partial charge in [-0.2, -0.15) is 0 Å². The van der Waals surface area contributed by atoms with E-state index in [1.807, 2.05) is 0 Å². The van der Waals surface area contributed by atoms with Gasteiger partial charge in [-0.1, -0.05) is 12.2 Å². The Labute approximate surface area is 53.6 Å². The van der Waals surface area contributed by atoms with Crippen molar-refractivity contribution in [2.45, 2.75) is 13.3 Å². The molecule has 0 aromatic heterocycles. The van der Waals surface area contributed by atoms with E-state index in [2.05, 4.69) is 0 Å². The van der Waals surface area contributed by atoms with Crippen LogP contribution >= 0.6 is 0 Å². The van der Waals surface area contributed by atoms with Crippen LogP contribution < -0.4 is 0 Å². The molecule has 0 amide bonds. The second kappa shape index (κ2) is 2.13. The summed E-state index contributed by atoms with van der Waals surface area (Å²) < 4.78 is 0. The molecule has 0 saturated carbocycles. The van der Waals surface area contributed by atoms with Gasteiger partial charge in [0.25, 0.3) is 0 Å². The van der Waals surface area contributed by atoms with Crippen LogP contribution in [-0.4, -0.2) is 11.6 Å². The van der Waals surface area contributed by atoms with Crippen molar-refractivity contribution in [3.8, 4) is 0 Å². The summed E-state index contributed by atoms with van der Waals surface area (Å²) in [6.45, 7) is 1.44. The van der Waals surface area contributed by atoms with Crippen molar-refractivity contribution in [1.82, 2.24) is 0 Å². The minimum Gasteiger partial charge on any atom is -0.299 e. The Balaban J connectivity index is 2.71. The van der Waals surface area contributed by atoms with E-state index in [0.29, 0.717) is 6.42 Å². The third-order valence-electron chi connectivity index (χ3n) is 1.43. The fourth-order valence-electron chi connectivity index (χ4n) is 0.917. The van der Waals surface area contributed by atoms with Crippen LogP contribution in [0.5, 0.6) is 0 Å². The molecule has 0 radical (unpaired) electrons. The molecule has 2 nitrogen and oxygen atoms in total. The maximum Gasteiger partial charge on any atom is 0.150 e. The summed E-state index contributed by atoms with van der Waals surface area (Å²) in [5.74, 6) is -0.443. The molecule has 9 heavy (non-hydrogen) atoms. The van der Waals surface area contributed by atoms with Crippen molar-refractivity contribution in [1.29, 1.82) is 0 Å². The van der Waals surface area contributed by atoms with Crippen LogP contribution in [0.3, 0.4) is 0 Å². The van der Waals surface area contributed by atoms with Crippen LogP contribution in [0.4, 0.5) is 0 Å². The van der Waals surface area contributed by atoms with Crippen molar-refractivity contribution in [3.05, 3.63) is 12.2 Å². The Bertz CT molecular complexity index is 179. The minimum atomic E-state index is -0.426. The number of allylic oxidation sites excluding steroid dienone is 2. The molecular weight excluding hydrogens is 116 g/mol. The fraction of sp³-hybridized carbons (Fsp3) is 0.429. The Morgan fingerprint density at radius 2 is 2.44 bits per heavy atom. The summed E-state index contributed by atoms with van der Waals surface area (Å²) in [7, 11) is 0. The summed E-state index contributed by atoms with van der Waals surface area (Å²) in [5.41, 5.74) is 0. The average molecular weight is 124 g/mol. The molecule has 0 bridgehead atoms. The summed E-state index contributed by atoms with van der Waals surface area (Å²) in [4.78, 5) is 21.3. The highest BCUT2D eigenvalue weighted by molar-refractivity contribution is 6.05. The smallest absolute Gasteiger partial charge is 0.150 e. The molecule has 1 aliphatic rings. The van der Waals surface area contributed by atoms with Gasteiger partial charge in [-0.3, -0.25) is 9.59 Å². The van der Waals surface area contributed by atoms with Gasteiger partial charge < -0.3 is 0 Å². The number of ketones is 2. The lowest BCUT2D eigenvalue weighted by atomic mass is 10.0. The van der Waals surface area contributed by atoms with E-state index >= 15 is 0 Å². The molecule has 1 rings (SSSR count).